The molecule has 3 heteroatoms. The number of hydrogen-bond donors (Lipinski definition) is 1. The average Bonchev–Trinajstić information content (AvgIpc) is 2.58. The van der Waals surface area contributed by atoms with Crippen molar-refractivity contribution in [2.24, 2.45) is 16.6 Å². The summed E-state index contributed by atoms with van der Waals surface area (Å²) in [5.41, 5.74) is 6.23. The highest BCUT2D eigenvalue weighted by atomic mass is 15.4. The molecule has 2 unspecified atom stereocenters. The van der Waals surface area contributed by atoms with Crippen LogP contribution in [0.15, 0.2) is 4.99 Å². The van der Waals surface area contributed by atoms with Gasteiger partial charge in [-0.25, -0.2) is 0 Å². The molecule has 0 bridgehead atoms. The summed E-state index contributed by atoms with van der Waals surface area (Å²) in [5, 5.41) is 0. The van der Waals surface area contributed by atoms with Gasteiger partial charge in [0.25, 0.3) is 0 Å². The molecule has 0 amide bonds. The van der Waals surface area contributed by atoms with E-state index < -0.39 is 0 Å². The number of nitrogens with zero attached hydrogens (tertiary/aromatic N) is 2. The summed E-state index contributed by atoms with van der Waals surface area (Å²) in [7, 11) is 0. The summed E-state index contributed by atoms with van der Waals surface area (Å²) < 4.78 is 0. The van der Waals surface area contributed by atoms with Crippen LogP contribution in [0, 0.1) is 5.92 Å². The third kappa shape index (κ3) is 1.30. The topological polar surface area (TPSA) is 41.6 Å². The predicted molar refractivity (Wildman–Crippen MR) is 59.2 cm³/mol. The summed E-state index contributed by atoms with van der Waals surface area (Å²) in [6, 6.07) is 0.478. The van der Waals surface area contributed by atoms with Gasteiger partial charge in [0.1, 0.15) is 0 Å². The van der Waals surface area contributed by atoms with Gasteiger partial charge in [-0.2, -0.15) is 0 Å². The molecule has 0 aromatic carbocycles. The van der Waals surface area contributed by atoms with E-state index in [1.165, 1.54) is 19.3 Å². The molecule has 1 aliphatic heterocycles. The Balaban J connectivity index is 2.21. The second-order valence-electron chi connectivity index (χ2n) is 5.21. The zero-order valence-corrected chi connectivity index (χ0v) is 9.45. The summed E-state index contributed by atoms with van der Waals surface area (Å²) in [6.07, 6.45) is 3.85. The van der Waals surface area contributed by atoms with Crippen LogP contribution in [0.25, 0.3) is 0 Å². The molecule has 1 saturated carbocycles. The molecule has 2 atom stereocenters. The van der Waals surface area contributed by atoms with E-state index in [1.54, 1.807) is 0 Å². The molecule has 0 saturated heterocycles. The van der Waals surface area contributed by atoms with Crippen LogP contribution in [0.1, 0.15) is 40.0 Å². The van der Waals surface area contributed by atoms with Gasteiger partial charge >= 0.3 is 0 Å². The normalized spacial score (nSPS) is 37.3. The first-order chi connectivity index (χ1) is 6.55. The van der Waals surface area contributed by atoms with Crippen LogP contribution in [0.5, 0.6) is 0 Å². The highest BCUT2D eigenvalue weighted by Crippen LogP contribution is 2.42. The summed E-state index contributed by atoms with van der Waals surface area (Å²) >= 11 is 0. The molecule has 1 spiro atoms. The van der Waals surface area contributed by atoms with Gasteiger partial charge in [-0.15, -0.1) is 0 Å². The molecule has 80 valence electrons. The van der Waals surface area contributed by atoms with Gasteiger partial charge in [0.15, 0.2) is 5.96 Å². The zero-order chi connectivity index (χ0) is 10.3. The van der Waals surface area contributed by atoms with Gasteiger partial charge in [-0.1, -0.05) is 6.92 Å². The average molecular weight is 195 g/mol. The predicted octanol–water partition coefficient (Wildman–Crippen LogP) is 1.58. The molecule has 1 aliphatic carbocycles. The minimum Gasteiger partial charge on any atom is -0.370 e. The number of aliphatic imine (C=N–C) groups is 1. The maximum absolute atomic E-state index is 5.96. The molecule has 0 aromatic heterocycles. The van der Waals surface area contributed by atoms with E-state index in [1.807, 2.05) is 0 Å². The van der Waals surface area contributed by atoms with Crippen LogP contribution in [0.4, 0.5) is 0 Å². The SMILES string of the molecule is CC1CCC2(CN=C(N)N2C(C)C)C1. The fourth-order valence-corrected chi connectivity index (χ4v) is 3.17. The van der Waals surface area contributed by atoms with E-state index in [0.717, 1.165) is 18.4 Å². The van der Waals surface area contributed by atoms with Crippen molar-refractivity contribution in [2.75, 3.05) is 6.54 Å². The Labute approximate surface area is 86.4 Å². The van der Waals surface area contributed by atoms with Crippen molar-refractivity contribution in [3.63, 3.8) is 0 Å². The molecule has 1 heterocycles. The Morgan fingerprint density at radius 2 is 2.29 bits per heavy atom. The fourth-order valence-electron chi connectivity index (χ4n) is 3.17. The summed E-state index contributed by atoms with van der Waals surface area (Å²) in [6.45, 7) is 7.67. The Kier molecular flexibility index (Phi) is 2.20. The first-order valence-corrected chi connectivity index (χ1v) is 5.64. The molecular weight excluding hydrogens is 174 g/mol. The third-order valence-corrected chi connectivity index (χ3v) is 3.64. The quantitative estimate of drug-likeness (QED) is 0.690. The first kappa shape index (κ1) is 9.81. The number of hydrogen-bond acceptors (Lipinski definition) is 3. The monoisotopic (exact) mass is 195 g/mol. The number of rotatable bonds is 1. The van der Waals surface area contributed by atoms with E-state index in [4.69, 9.17) is 5.73 Å². The molecule has 2 N–H and O–H groups in total. The van der Waals surface area contributed by atoms with E-state index in [-0.39, 0.29) is 5.54 Å². The van der Waals surface area contributed by atoms with Gasteiger partial charge in [0, 0.05) is 6.04 Å². The molecule has 0 aromatic rings. The fraction of sp³-hybridized carbons (Fsp3) is 0.909. The molecule has 0 radical (unpaired) electrons. The lowest BCUT2D eigenvalue weighted by molar-refractivity contribution is 0.166. The Morgan fingerprint density at radius 3 is 2.79 bits per heavy atom. The van der Waals surface area contributed by atoms with E-state index in [2.05, 4.69) is 30.7 Å². The van der Waals surface area contributed by atoms with Crippen molar-refractivity contribution in [3.8, 4) is 0 Å². The zero-order valence-electron chi connectivity index (χ0n) is 9.45. The molecule has 14 heavy (non-hydrogen) atoms. The van der Waals surface area contributed by atoms with Gasteiger partial charge < -0.3 is 10.6 Å². The van der Waals surface area contributed by atoms with Crippen LogP contribution in [-0.2, 0) is 0 Å². The largest absolute Gasteiger partial charge is 0.370 e. The van der Waals surface area contributed by atoms with E-state index >= 15 is 0 Å². The third-order valence-electron chi connectivity index (χ3n) is 3.64. The van der Waals surface area contributed by atoms with Crippen LogP contribution in [-0.4, -0.2) is 29.0 Å². The van der Waals surface area contributed by atoms with Gasteiger partial charge in [0.2, 0.25) is 0 Å². The van der Waals surface area contributed by atoms with Crippen molar-refractivity contribution in [3.05, 3.63) is 0 Å². The van der Waals surface area contributed by atoms with E-state index in [0.29, 0.717) is 6.04 Å². The first-order valence-electron chi connectivity index (χ1n) is 5.64. The minimum absolute atomic E-state index is 0.275. The van der Waals surface area contributed by atoms with Crippen LogP contribution in [0.3, 0.4) is 0 Å². The van der Waals surface area contributed by atoms with Crippen molar-refractivity contribution >= 4 is 5.96 Å². The maximum atomic E-state index is 5.96. The van der Waals surface area contributed by atoms with Gasteiger partial charge in [-0.05, 0) is 39.0 Å². The van der Waals surface area contributed by atoms with Crippen molar-refractivity contribution in [1.29, 1.82) is 0 Å². The Bertz CT molecular complexity index is 259. The molecular formula is C11H21N3. The minimum atomic E-state index is 0.275. The second kappa shape index (κ2) is 3.14. The highest BCUT2D eigenvalue weighted by molar-refractivity contribution is 5.81. The van der Waals surface area contributed by atoms with Gasteiger partial charge in [-0.3, -0.25) is 4.99 Å². The van der Waals surface area contributed by atoms with Crippen LogP contribution < -0.4 is 5.73 Å². The number of nitrogens with two attached hydrogens (primary N) is 1. The summed E-state index contributed by atoms with van der Waals surface area (Å²) in [4.78, 5) is 6.77. The lowest BCUT2D eigenvalue weighted by atomic mass is 9.94. The van der Waals surface area contributed by atoms with Crippen molar-refractivity contribution in [2.45, 2.75) is 51.6 Å². The van der Waals surface area contributed by atoms with Crippen molar-refractivity contribution in [1.82, 2.24) is 4.90 Å². The smallest absolute Gasteiger partial charge is 0.192 e. The molecule has 3 nitrogen and oxygen atoms in total. The highest BCUT2D eigenvalue weighted by Gasteiger charge is 2.47. The maximum Gasteiger partial charge on any atom is 0.192 e. The second-order valence-corrected chi connectivity index (χ2v) is 5.21. The lowest BCUT2D eigenvalue weighted by Crippen LogP contribution is -2.53. The standard InChI is InChI=1S/C11H21N3/c1-8(2)14-10(12)13-7-11(14)5-4-9(3)6-11/h8-9H,4-7H2,1-3H3,(H2,12,13). The van der Waals surface area contributed by atoms with Crippen molar-refractivity contribution < 1.29 is 0 Å². The summed E-state index contributed by atoms with van der Waals surface area (Å²) in [5.74, 6) is 1.59. The van der Waals surface area contributed by atoms with Crippen LogP contribution >= 0.6 is 0 Å². The molecule has 1 fully saturated rings. The Hall–Kier alpha value is -0.730. The lowest BCUT2D eigenvalue weighted by Gasteiger charge is -2.39. The van der Waals surface area contributed by atoms with Crippen LogP contribution in [0.2, 0.25) is 0 Å². The number of guanidine groups is 1. The molecule has 2 rings (SSSR count). The molecule has 2 aliphatic rings. The Morgan fingerprint density at radius 1 is 1.57 bits per heavy atom. The van der Waals surface area contributed by atoms with Gasteiger partial charge in [0.05, 0.1) is 12.1 Å². The van der Waals surface area contributed by atoms with E-state index in [9.17, 15) is 0 Å².